The number of aryl methyl sites for hydroxylation is 2. The van der Waals surface area contributed by atoms with Gasteiger partial charge in [-0.3, -0.25) is 14.3 Å². The zero-order valence-corrected chi connectivity index (χ0v) is 16.4. The monoisotopic (exact) mass is 398 g/mol. The molecule has 1 saturated heterocycles. The zero-order chi connectivity index (χ0) is 19.5. The van der Waals surface area contributed by atoms with E-state index in [1.54, 1.807) is 34.1 Å². The molecule has 7 heteroatoms. The topological polar surface area (TPSA) is 58.4 Å². The maximum Gasteiger partial charge on any atom is 0.274 e. The Kier molecular flexibility index (Phi) is 5.48. The highest BCUT2D eigenvalue weighted by Crippen LogP contribution is 2.17. The van der Waals surface area contributed by atoms with E-state index in [4.69, 9.17) is 11.6 Å². The number of carbonyl (C=O) groups excluding carboxylic acids is 2. The maximum atomic E-state index is 12.8. The van der Waals surface area contributed by atoms with Crippen molar-refractivity contribution >= 4 is 29.5 Å². The molecular formula is C21H23ClN4O2. The maximum absolute atomic E-state index is 12.8. The molecule has 1 aromatic heterocycles. The fourth-order valence-corrected chi connectivity index (χ4v) is 3.79. The molecule has 2 aliphatic rings. The third-order valence-electron chi connectivity index (χ3n) is 5.30. The van der Waals surface area contributed by atoms with Crippen molar-refractivity contribution < 1.29 is 9.59 Å². The van der Waals surface area contributed by atoms with Gasteiger partial charge in [0.25, 0.3) is 5.91 Å². The summed E-state index contributed by atoms with van der Waals surface area (Å²) in [5.41, 5.74) is 2.60. The normalized spacial score (nSPS) is 17.0. The fourth-order valence-electron chi connectivity index (χ4n) is 3.66. The number of benzene rings is 1. The van der Waals surface area contributed by atoms with E-state index in [1.807, 2.05) is 22.9 Å². The highest BCUT2D eigenvalue weighted by atomic mass is 35.5. The number of aromatic nitrogens is 2. The summed E-state index contributed by atoms with van der Waals surface area (Å²) in [7, 11) is 0. The van der Waals surface area contributed by atoms with E-state index < -0.39 is 0 Å². The third-order valence-corrected chi connectivity index (χ3v) is 5.55. The number of rotatable bonds is 3. The van der Waals surface area contributed by atoms with Gasteiger partial charge in [-0.1, -0.05) is 23.7 Å². The summed E-state index contributed by atoms with van der Waals surface area (Å²) in [6, 6.07) is 9.25. The second kappa shape index (κ2) is 8.19. The number of piperazine rings is 1. The summed E-state index contributed by atoms with van der Waals surface area (Å²) in [6.07, 6.45) is 6.62. The van der Waals surface area contributed by atoms with Crippen LogP contribution in [-0.2, 0) is 17.8 Å². The predicted molar refractivity (Wildman–Crippen MR) is 108 cm³/mol. The molecule has 2 aliphatic heterocycles. The van der Waals surface area contributed by atoms with Gasteiger partial charge in [-0.15, -0.1) is 0 Å². The second-order valence-electron chi connectivity index (χ2n) is 7.20. The van der Waals surface area contributed by atoms with Crippen LogP contribution in [0.4, 0.5) is 0 Å². The lowest BCUT2D eigenvalue weighted by Crippen LogP contribution is -2.50. The van der Waals surface area contributed by atoms with Gasteiger partial charge in [0, 0.05) is 49.5 Å². The SMILES string of the molecule is O=C(/C=C/c1ccc(Cl)cc1)N1CCN(C(=O)c2cc3n(n2)CCCC3)CC1. The summed E-state index contributed by atoms with van der Waals surface area (Å²) in [6.45, 7) is 3.01. The number of fused-ring (bicyclic) bond motifs is 1. The summed E-state index contributed by atoms with van der Waals surface area (Å²) in [4.78, 5) is 28.7. The molecule has 6 nitrogen and oxygen atoms in total. The van der Waals surface area contributed by atoms with Crippen molar-refractivity contribution in [1.29, 1.82) is 0 Å². The van der Waals surface area contributed by atoms with Gasteiger partial charge in [-0.05, 0) is 49.1 Å². The lowest BCUT2D eigenvalue weighted by Gasteiger charge is -2.33. The summed E-state index contributed by atoms with van der Waals surface area (Å²) in [5.74, 6) is -0.0785. The minimum atomic E-state index is -0.0421. The highest BCUT2D eigenvalue weighted by molar-refractivity contribution is 6.30. The number of hydrogen-bond acceptors (Lipinski definition) is 3. The van der Waals surface area contributed by atoms with Crippen molar-refractivity contribution in [3.63, 3.8) is 0 Å². The smallest absolute Gasteiger partial charge is 0.274 e. The molecule has 146 valence electrons. The van der Waals surface area contributed by atoms with E-state index in [0.29, 0.717) is 36.9 Å². The van der Waals surface area contributed by atoms with Crippen LogP contribution in [0.5, 0.6) is 0 Å². The van der Waals surface area contributed by atoms with Crippen LogP contribution >= 0.6 is 11.6 Å². The Hall–Kier alpha value is -2.60. The summed E-state index contributed by atoms with van der Waals surface area (Å²) < 4.78 is 1.96. The average Bonchev–Trinajstić information content (AvgIpc) is 3.17. The molecular weight excluding hydrogens is 376 g/mol. The lowest BCUT2D eigenvalue weighted by molar-refractivity contribution is -0.127. The molecule has 0 atom stereocenters. The number of hydrogen-bond donors (Lipinski definition) is 0. The van der Waals surface area contributed by atoms with E-state index in [9.17, 15) is 9.59 Å². The minimum Gasteiger partial charge on any atom is -0.336 e. The summed E-state index contributed by atoms with van der Waals surface area (Å²) >= 11 is 5.87. The van der Waals surface area contributed by atoms with Crippen LogP contribution < -0.4 is 0 Å². The second-order valence-corrected chi connectivity index (χ2v) is 7.64. The molecule has 3 heterocycles. The molecule has 1 fully saturated rings. The molecule has 4 rings (SSSR count). The van der Waals surface area contributed by atoms with Crippen LogP contribution in [-0.4, -0.2) is 57.6 Å². The van der Waals surface area contributed by atoms with Crippen molar-refractivity contribution in [2.75, 3.05) is 26.2 Å². The first kappa shape index (κ1) is 18.7. The van der Waals surface area contributed by atoms with Gasteiger partial charge in [-0.25, -0.2) is 0 Å². The third kappa shape index (κ3) is 4.12. The molecule has 28 heavy (non-hydrogen) atoms. The first-order valence-electron chi connectivity index (χ1n) is 9.69. The van der Waals surface area contributed by atoms with Gasteiger partial charge in [-0.2, -0.15) is 5.10 Å². The molecule has 2 amide bonds. The van der Waals surface area contributed by atoms with Gasteiger partial charge in [0.2, 0.25) is 5.91 Å². The van der Waals surface area contributed by atoms with E-state index >= 15 is 0 Å². The van der Waals surface area contributed by atoms with Gasteiger partial charge in [0.15, 0.2) is 5.69 Å². The molecule has 0 radical (unpaired) electrons. The molecule has 0 unspecified atom stereocenters. The van der Waals surface area contributed by atoms with E-state index in [0.717, 1.165) is 37.1 Å². The highest BCUT2D eigenvalue weighted by Gasteiger charge is 2.26. The van der Waals surface area contributed by atoms with Crippen molar-refractivity contribution in [2.45, 2.75) is 25.8 Å². The zero-order valence-electron chi connectivity index (χ0n) is 15.7. The average molecular weight is 399 g/mol. The van der Waals surface area contributed by atoms with Crippen LogP contribution in [0.3, 0.4) is 0 Å². The Labute approximate surface area is 169 Å². The number of halogens is 1. The summed E-state index contributed by atoms with van der Waals surface area (Å²) in [5, 5.41) is 5.14. The largest absolute Gasteiger partial charge is 0.336 e. The van der Waals surface area contributed by atoms with Gasteiger partial charge in [0.05, 0.1) is 0 Å². The first-order chi connectivity index (χ1) is 13.6. The van der Waals surface area contributed by atoms with Crippen LogP contribution in [0.15, 0.2) is 36.4 Å². The Morgan fingerprint density at radius 3 is 2.39 bits per heavy atom. The van der Waals surface area contributed by atoms with E-state index in [1.165, 1.54) is 0 Å². The van der Waals surface area contributed by atoms with Crippen LogP contribution in [0, 0.1) is 0 Å². The van der Waals surface area contributed by atoms with Gasteiger partial charge in [0.1, 0.15) is 0 Å². The molecule has 0 bridgehead atoms. The standard InChI is InChI=1S/C21H23ClN4O2/c22-17-7-4-16(5-8-17)6-9-20(27)24-11-13-25(14-12-24)21(28)19-15-18-3-1-2-10-26(18)23-19/h4-9,15H,1-3,10-14H2/b9-6+. The van der Waals surface area contributed by atoms with Crippen molar-refractivity contribution in [1.82, 2.24) is 19.6 Å². The molecule has 0 N–H and O–H groups in total. The first-order valence-corrected chi connectivity index (χ1v) is 10.1. The van der Waals surface area contributed by atoms with Crippen molar-refractivity contribution in [2.24, 2.45) is 0 Å². The fraction of sp³-hybridized carbons (Fsp3) is 0.381. The van der Waals surface area contributed by atoms with Gasteiger partial charge < -0.3 is 9.80 Å². The Bertz CT molecular complexity index is 872. The van der Waals surface area contributed by atoms with Crippen LogP contribution in [0.1, 0.15) is 34.6 Å². The van der Waals surface area contributed by atoms with E-state index in [2.05, 4.69) is 5.10 Å². The molecule has 0 aliphatic carbocycles. The van der Waals surface area contributed by atoms with E-state index in [-0.39, 0.29) is 11.8 Å². The number of carbonyl (C=O) groups is 2. The number of nitrogens with zero attached hydrogens (tertiary/aromatic N) is 4. The molecule has 2 aromatic rings. The van der Waals surface area contributed by atoms with Crippen LogP contribution in [0.25, 0.3) is 6.08 Å². The lowest BCUT2D eigenvalue weighted by atomic mass is 10.1. The molecule has 0 saturated carbocycles. The van der Waals surface area contributed by atoms with Gasteiger partial charge >= 0.3 is 0 Å². The van der Waals surface area contributed by atoms with Crippen molar-refractivity contribution in [3.05, 3.63) is 58.4 Å². The molecule has 1 aromatic carbocycles. The quantitative estimate of drug-likeness (QED) is 0.747. The molecule has 0 spiro atoms. The predicted octanol–water partition coefficient (Wildman–Crippen LogP) is 2.87. The van der Waals surface area contributed by atoms with Crippen molar-refractivity contribution in [3.8, 4) is 0 Å². The Morgan fingerprint density at radius 2 is 1.68 bits per heavy atom. The number of amides is 2. The minimum absolute atomic E-state index is 0.0364. The Morgan fingerprint density at radius 1 is 0.964 bits per heavy atom. The Balaban J connectivity index is 1.32. The van der Waals surface area contributed by atoms with Crippen LogP contribution in [0.2, 0.25) is 5.02 Å².